The first-order valence-corrected chi connectivity index (χ1v) is 11.7. The number of para-hydroxylation sites is 1. The molecule has 1 aliphatic rings. The molecule has 0 radical (unpaired) electrons. The highest BCUT2D eigenvalue weighted by Crippen LogP contribution is 2.31. The summed E-state index contributed by atoms with van der Waals surface area (Å²) in [4.78, 5) is 4.75. The topological polar surface area (TPSA) is 72.6 Å². The fourth-order valence-electron chi connectivity index (χ4n) is 3.32. The summed E-state index contributed by atoms with van der Waals surface area (Å²) in [5.74, 6) is 1.47. The number of sulfonamides is 1. The number of fused-ring (bicyclic) bond motifs is 1. The molecule has 0 spiro atoms. The number of thioether (sulfide) groups is 1. The molecular formula is C20H22N2O4S2. The normalized spacial score (nSPS) is 15.8. The molecule has 3 aromatic rings. The van der Waals surface area contributed by atoms with Gasteiger partial charge in [-0.3, -0.25) is 0 Å². The molecular weight excluding hydrogens is 396 g/mol. The quantitative estimate of drug-likeness (QED) is 0.556. The smallest absolute Gasteiger partial charge is 0.257 e. The molecule has 0 N–H and O–H groups in total. The lowest BCUT2D eigenvalue weighted by Gasteiger charge is -2.25. The summed E-state index contributed by atoms with van der Waals surface area (Å²) in [5.41, 5.74) is 2.19. The van der Waals surface area contributed by atoms with Gasteiger partial charge in [-0.25, -0.2) is 13.4 Å². The zero-order valence-corrected chi connectivity index (χ0v) is 17.3. The van der Waals surface area contributed by atoms with E-state index in [0.29, 0.717) is 35.2 Å². The predicted octanol–water partition coefficient (Wildman–Crippen LogP) is 4.30. The first-order chi connectivity index (χ1) is 13.6. The minimum absolute atomic E-state index is 0.275. The Balaban J connectivity index is 1.55. The third kappa shape index (κ3) is 3.90. The van der Waals surface area contributed by atoms with Crippen LogP contribution in [0.3, 0.4) is 0 Å². The van der Waals surface area contributed by atoms with E-state index in [4.69, 9.17) is 9.15 Å². The molecule has 0 bridgehead atoms. The van der Waals surface area contributed by atoms with E-state index >= 15 is 0 Å². The van der Waals surface area contributed by atoms with Crippen LogP contribution in [0.25, 0.3) is 11.1 Å². The molecule has 0 atom stereocenters. The molecule has 6 nitrogen and oxygen atoms in total. The third-order valence-corrected chi connectivity index (χ3v) is 7.61. The molecule has 0 amide bonds. The van der Waals surface area contributed by atoms with Crippen LogP contribution in [-0.2, 0) is 15.8 Å². The highest BCUT2D eigenvalue weighted by atomic mass is 32.2. The highest BCUT2D eigenvalue weighted by Gasteiger charge is 2.26. The van der Waals surface area contributed by atoms with E-state index in [-0.39, 0.29) is 4.90 Å². The second-order valence-corrected chi connectivity index (χ2v) is 9.54. The molecule has 4 rings (SSSR count). The Bertz CT molecular complexity index is 1070. The maximum absolute atomic E-state index is 12.9. The van der Waals surface area contributed by atoms with E-state index in [1.54, 1.807) is 29.6 Å². The number of ether oxygens (including phenoxy) is 1. The second kappa shape index (κ2) is 8.14. The van der Waals surface area contributed by atoms with Gasteiger partial charge in [0.15, 0.2) is 5.58 Å². The van der Waals surface area contributed by atoms with Crippen molar-refractivity contribution in [3.05, 3.63) is 48.0 Å². The SMILES string of the molecule is COc1ccccc1CSc1nc2cc(S(=O)(=O)N3CCCCC3)ccc2o1. The zero-order valence-electron chi connectivity index (χ0n) is 15.6. The lowest BCUT2D eigenvalue weighted by Crippen LogP contribution is -2.35. The van der Waals surface area contributed by atoms with Crippen LogP contribution in [0.4, 0.5) is 0 Å². The van der Waals surface area contributed by atoms with Gasteiger partial charge < -0.3 is 9.15 Å². The number of piperidine rings is 1. The Hall–Kier alpha value is -2.03. The number of benzene rings is 2. The van der Waals surface area contributed by atoms with Crippen LogP contribution in [0.1, 0.15) is 24.8 Å². The van der Waals surface area contributed by atoms with Crippen molar-refractivity contribution in [3.63, 3.8) is 0 Å². The Kier molecular flexibility index (Phi) is 5.61. The van der Waals surface area contributed by atoms with Crippen molar-refractivity contribution in [2.75, 3.05) is 20.2 Å². The van der Waals surface area contributed by atoms with E-state index in [1.165, 1.54) is 11.8 Å². The van der Waals surface area contributed by atoms with Crippen LogP contribution >= 0.6 is 11.8 Å². The van der Waals surface area contributed by atoms with Crippen LogP contribution in [0.15, 0.2) is 57.0 Å². The molecule has 2 heterocycles. The van der Waals surface area contributed by atoms with Crippen LogP contribution in [0.2, 0.25) is 0 Å². The van der Waals surface area contributed by atoms with Crippen LogP contribution in [0, 0.1) is 0 Å². The maximum atomic E-state index is 12.9. The standard InChI is InChI=1S/C20H22N2O4S2/c1-25-18-8-4-3-7-15(18)14-27-20-21-17-13-16(9-10-19(17)26-20)28(23,24)22-11-5-2-6-12-22/h3-4,7-10,13H,2,5-6,11-12,14H2,1H3. The van der Waals surface area contributed by atoms with Gasteiger partial charge >= 0.3 is 0 Å². The highest BCUT2D eigenvalue weighted by molar-refractivity contribution is 7.98. The average Bonchev–Trinajstić information content (AvgIpc) is 3.15. The molecule has 8 heteroatoms. The van der Waals surface area contributed by atoms with E-state index < -0.39 is 10.0 Å². The van der Waals surface area contributed by atoms with Crippen molar-refractivity contribution >= 4 is 32.9 Å². The Morgan fingerprint density at radius 1 is 1.14 bits per heavy atom. The van der Waals surface area contributed by atoms with Gasteiger partial charge in [0.05, 0.1) is 12.0 Å². The van der Waals surface area contributed by atoms with Crippen molar-refractivity contribution in [2.45, 2.75) is 35.1 Å². The largest absolute Gasteiger partial charge is 0.496 e. The maximum Gasteiger partial charge on any atom is 0.257 e. The first kappa shape index (κ1) is 19.3. The molecule has 0 unspecified atom stereocenters. The zero-order chi connectivity index (χ0) is 19.6. The monoisotopic (exact) mass is 418 g/mol. The molecule has 1 fully saturated rings. The fraction of sp³-hybridized carbons (Fsp3) is 0.350. The van der Waals surface area contributed by atoms with Crippen molar-refractivity contribution in [1.82, 2.24) is 9.29 Å². The summed E-state index contributed by atoms with van der Waals surface area (Å²) in [7, 11) is -1.83. The molecule has 2 aromatic carbocycles. The van der Waals surface area contributed by atoms with E-state index in [0.717, 1.165) is 30.6 Å². The number of aromatic nitrogens is 1. The summed E-state index contributed by atoms with van der Waals surface area (Å²) in [5, 5.41) is 0.508. The van der Waals surface area contributed by atoms with E-state index in [9.17, 15) is 8.42 Å². The lowest BCUT2D eigenvalue weighted by atomic mass is 10.2. The van der Waals surface area contributed by atoms with E-state index in [1.807, 2.05) is 24.3 Å². The number of oxazole rings is 1. The predicted molar refractivity (Wildman–Crippen MR) is 109 cm³/mol. The van der Waals surface area contributed by atoms with Crippen molar-refractivity contribution < 1.29 is 17.6 Å². The fourth-order valence-corrected chi connectivity index (χ4v) is 5.69. The average molecular weight is 419 g/mol. The Labute approximate surface area is 168 Å². The van der Waals surface area contributed by atoms with Crippen molar-refractivity contribution in [1.29, 1.82) is 0 Å². The van der Waals surface area contributed by atoms with Crippen molar-refractivity contribution in [3.8, 4) is 5.75 Å². The molecule has 0 saturated carbocycles. The van der Waals surface area contributed by atoms with Gasteiger partial charge in [0.1, 0.15) is 11.3 Å². The summed E-state index contributed by atoms with van der Waals surface area (Å²) in [6.07, 6.45) is 2.91. The summed E-state index contributed by atoms with van der Waals surface area (Å²) >= 11 is 1.45. The summed E-state index contributed by atoms with van der Waals surface area (Å²) in [6.45, 7) is 1.17. The van der Waals surface area contributed by atoms with Crippen LogP contribution in [0.5, 0.6) is 5.75 Å². The van der Waals surface area contributed by atoms with E-state index in [2.05, 4.69) is 4.98 Å². The Morgan fingerprint density at radius 3 is 2.71 bits per heavy atom. The molecule has 1 aliphatic heterocycles. The second-order valence-electron chi connectivity index (χ2n) is 6.67. The van der Waals surface area contributed by atoms with Gasteiger partial charge in [0.2, 0.25) is 10.0 Å². The van der Waals surface area contributed by atoms with Gasteiger partial charge in [-0.2, -0.15) is 4.31 Å². The van der Waals surface area contributed by atoms with Crippen LogP contribution in [-0.4, -0.2) is 37.9 Å². The number of methoxy groups -OCH3 is 1. The minimum atomic E-state index is -3.48. The first-order valence-electron chi connectivity index (χ1n) is 9.23. The van der Waals surface area contributed by atoms with Gasteiger partial charge in [0, 0.05) is 24.4 Å². The summed E-state index contributed by atoms with van der Waals surface area (Å²) < 4.78 is 38.4. The Morgan fingerprint density at radius 2 is 1.93 bits per heavy atom. The van der Waals surface area contributed by atoms with Gasteiger partial charge in [-0.1, -0.05) is 36.4 Å². The van der Waals surface area contributed by atoms with Crippen LogP contribution < -0.4 is 4.74 Å². The number of hydrogen-bond donors (Lipinski definition) is 0. The van der Waals surface area contributed by atoms with Crippen molar-refractivity contribution in [2.24, 2.45) is 0 Å². The number of hydrogen-bond acceptors (Lipinski definition) is 6. The number of nitrogens with zero attached hydrogens (tertiary/aromatic N) is 2. The third-order valence-electron chi connectivity index (χ3n) is 4.84. The minimum Gasteiger partial charge on any atom is -0.496 e. The molecule has 148 valence electrons. The molecule has 1 aromatic heterocycles. The lowest BCUT2D eigenvalue weighted by molar-refractivity contribution is 0.346. The molecule has 1 saturated heterocycles. The van der Waals surface area contributed by atoms with Gasteiger partial charge in [-0.05, 0) is 37.1 Å². The van der Waals surface area contributed by atoms with Gasteiger partial charge in [-0.15, -0.1) is 0 Å². The summed E-state index contributed by atoms with van der Waals surface area (Å²) in [6, 6.07) is 12.7. The molecule has 0 aliphatic carbocycles. The number of rotatable bonds is 6. The molecule has 28 heavy (non-hydrogen) atoms. The van der Waals surface area contributed by atoms with Gasteiger partial charge in [0.25, 0.3) is 5.22 Å².